The Morgan fingerprint density at radius 3 is 2.67 bits per heavy atom. The van der Waals surface area contributed by atoms with Crippen LogP contribution in [-0.2, 0) is 16.1 Å². The molecular formula is C16H18N2O3. The van der Waals surface area contributed by atoms with Gasteiger partial charge in [0.05, 0.1) is 12.2 Å². The number of nitrogens with one attached hydrogen (secondary N) is 1. The van der Waals surface area contributed by atoms with Crippen molar-refractivity contribution in [3.8, 4) is 0 Å². The summed E-state index contributed by atoms with van der Waals surface area (Å²) in [6, 6.07) is 10.6. The summed E-state index contributed by atoms with van der Waals surface area (Å²) in [6.07, 6.45) is 4.20. The quantitative estimate of drug-likeness (QED) is 0.831. The van der Waals surface area contributed by atoms with Gasteiger partial charge in [-0.2, -0.15) is 0 Å². The molecule has 0 radical (unpaired) electrons. The number of benzene rings is 1. The molecule has 0 aliphatic rings. The number of esters is 1. The van der Waals surface area contributed by atoms with Crippen molar-refractivity contribution in [3.05, 3.63) is 54.4 Å². The Balaban J connectivity index is 1.91. The van der Waals surface area contributed by atoms with Crippen molar-refractivity contribution >= 4 is 17.6 Å². The van der Waals surface area contributed by atoms with Crippen LogP contribution in [0, 0.1) is 0 Å². The van der Waals surface area contributed by atoms with Crippen LogP contribution < -0.4 is 5.32 Å². The summed E-state index contributed by atoms with van der Waals surface area (Å²) in [7, 11) is 0. The predicted octanol–water partition coefficient (Wildman–Crippen LogP) is 2.69. The lowest BCUT2D eigenvalue weighted by molar-refractivity contribution is -0.116. The first kappa shape index (κ1) is 14.8. The number of hydrogen-bond donors (Lipinski definition) is 1. The minimum atomic E-state index is -0.388. The molecule has 110 valence electrons. The normalized spacial score (nSPS) is 10.1. The zero-order chi connectivity index (χ0) is 15.1. The van der Waals surface area contributed by atoms with Crippen LogP contribution >= 0.6 is 0 Å². The Morgan fingerprint density at radius 1 is 1.19 bits per heavy atom. The molecule has 0 aliphatic carbocycles. The molecule has 0 aliphatic heterocycles. The van der Waals surface area contributed by atoms with E-state index in [-0.39, 0.29) is 11.9 Å². The van der Waals surface area contributed by atoms with Gasteiger partial charge in [0.1, 0.15) is 0 Å². The third-order valence-corrected chi connectivity index (χ3v) is 2.92. The highest BCUT2D eigenvalue weighted by Crippen LogP contribution is 2.12. The van der Waals surface area contributed by atoms with Crippen LogP contribution in [0.15, 0.2) is 48.8 Å². The molecule has 0 bridgehead atoms. The first-order valence-corrected chi connectivity index (χ1v) is 6.87. The van der Waals surface area contributed by atoms with Crippen molar-refractivity contribution in [2.45, 2.75) is 19.9 Å². The SMILES string of the molecule is CCOC(=O)c1cccc(NC(=O)CCn2cccc2)c1. The van der Waals surface area contributed by atoms with Crippen molar-refractivity contribution in [3.63, 3.8) is 0 Å². The predicted molar refractivity (Wildman–Crippen MR) is 80.1 cm³/mol. The maximum absolute atomic E-state index is 11.9. The summed E-state index contributed by atoms with van der Waals surface area (Å²) in [6.45, 7) is 2.70. The molecule has 2 rings (SSSR count). The van der Waals surface area contributed by atoms with E-state index in [2.05, 4.69) is 5.32 Å². The average molecular weight is 286 g/mol. The number of carbonyl (C=O) groups excluding carboxylic acids is 2. The second-order valence-corrected chi connectivity index (χ2v) is 4.52. The number of carbonyl (C=O) groups is 2. The van der Waals surface area contributed by atoms with Gasteiger partial charge >= 0.3 is 5.97 Å². The third-order valence-electron chi connectivity index (χ3n) is 2.92. The average Bonchev–Trinajstić information content (AvgIpc) is 2.99. The molecule has 1 aromatic heterocycles. The minimum Gasteiger partial charge on any atom is -0.462 e. The molecule has 1 aromatic carbocycles. The second kappa shape index (κ2) is 7.28. The third kappa shape index (κ3) is 4.49. The summed E-state index contributed by atoms with van der Waals surface area (Å²) in [5.74, 6) is -0.481. The molecule has 1 amide bonds. The van der Waals surface area contributed by atoms with Crippen LogP contribution in [0.2, 0.25) is 0 Å². The molecular weight excluding hydrogens is 268 g/mol. The standard InChI is InChI=1S/C16H18N2O3/c1-2-21-16(20)13-6-5-7-14(12-13)17-15(19)8-11-18-9-3-4-10-18/h3-7,9-10,12H,2,8,11H2,1H3,(H,17,19). The van der Waals surface area contributed by atoms with Gasteiger partial charge in [0.2, 0.25) is 5.91 Å². The molecule has 5 nitrogen and oxygen atoms in total. The number of amides is 1. The maximum atomic E-state index is 11.9. The van der Waals surface area contributed by atoms with Crippen molar-refractivity contribution in [1.29, 1.82) is 0 Å². The number of rotatable bonds is 6. The summed E-state index contributed by atoms with van der Waals surface area (Å²) in [5.41, 5.74) is 1.03. The molecule has 2 aromatic rings. The van der Waals surface area contributed by atoms with Crippen molar-refractivity contribution in [2.24, 2.45) is 0 Å². The number of aryl methyl sites for hydroxylation is 1. The summed E-state index contributed by atoms with van der Waals surface area (Å²) >= 11 is 0. The first-order valence-electron chi connectivity index (χ1n) is 6.87. The Hall–Kier alpha value is -2.56. The highest BCUT2D eigenvalue weighted by atomic mass is 16.5. The lowest BCUT2D eigenvalue weighted by Crippen LogP contribution is -2.14. The van der Waals surface area contributed by atoms with Gasteiger partial charge in [-0.25, -0.2) is 4.79 Å². The van der Waals surface area contributed by atoms with Gasteiger partial charge in [-0.05, 0) is 37.3 Å². The number of hydrogen-bond acceptors (Lipinski definition) is 3. The molecule has 21 heavy (non-hydrogen) atoms. The van der Waals surface area contributed by atoms with Gasteiger partial charge < -0.3 is 14.6 Å². The Bertz CT molecular complexity index is 606. The van der Waals surface area contributed by atoms with Crippen molar-refractivity contribution < 1.29 is 14.3 Å². The summed E-state index contributed by atoms with van der Waals surface area (Å²) < 4.78 is 6.87. The molecule has 5 heteroatoms. The molecule has 0 saturated carbocycles. The number of aromatic nitrogens is 1. The zero-order valence-corrected chi connectivity index (χ0v) is 11.9. The molecule has 0 saturated heterocycles. The zero-order valence-electron chi connectivity index (χ0n) is 11.9. The molecule has 1 heterocycles. The molecule has 0 unspecified atom stereocenters. The molecule has 0 spiro atoms. The number of ether oxygens (including phenoxy) is 1. The van der Waals surface area contributed by atoms with E-state index in [0.717, 1.165) is 0 Å². The number of nitrogens with zero attached hydrogens (tertiary/aromatic N) is 1. The first-order chi connectivity index (χ1) is 10.2. The minimum absolute atomic E-state index is 0.0929. The van der Waals surface area contributed by atoms with E-state index in [1.54, 1.807) is 31.2 Å². The fraction of sp³-hybridized carbons (Fsp3) is 0.250. The summed E-state index contributed by atoms with van der Waals surface area (Å²) in [5, 5.41) is 2.78. The van der Waals surface area contributed by atoms with Gasteiger partial charge in [-0.1, -0.05) is 6.07 Å². The Morgan fingerprint density at radius 2 is 1.95 bits per heavy atom. The van der Waals surface area contributed by atoms with Gasteiger partial charge in [0, 0.05) is 31.0 Å². The van der Waals surface area contributed by atoms with Gasteiger partial charge in [-0.15, -0.1) is 0 Å². The van der Waals surface area contributed by atoms with Gasteiger partial charge in [-0.3, -0.25) is 4.79 Å². The molecule has 0 atom stereocenters. The van der Waals surface area contributed by atoms with Crippen LogP contribution in [0.25, 0.3) is 0 Å². The van der Waals surface area contributed by atoms with Crippen LogP contribution in [-0.4, -0.2) is 23.1 Å². The Kier molecular flexibility index (Phi) is 5.15. The fourth-order valence-corrected chi connectivity index (χ4v) is 1.91. The van der Waals surface area contributed by atoms with E-state index in [0.29, 0.717) is 30.8 Å². The Labute approximate surface area is 123 Å². The highest BCUT2D eigenvalue weighted by Gasteiger charge is 2.08. The maximum Gasteiger partial charge on any atom is 0.338 e. The van der Waals surface area contributed by atoms with E-state index < -0.39 is 0 Å². The van der Waals surface area contributed by atoms with Crippen LogP contribution in [0.1, 0.15) is 23.7 Å². The van der Waals surface area contributed by atoms with Crippen LogP contribution in [0.5, 0.6) is 0 Å². The number of anilines is 1. The highest BCUT2D eigenvalue weighted by molar-refractivity contribution is 5.94. The fourth-order valence-electron chi connectivity index (χ4n) is 1.91. The van der Waals surface area contributed by atoms with E-state index in [9.17, 15) is 9.59 Å². The van der Waals surface area contributed by atoms with Gasteiger partial charge in [0.15, 0.2) is 0 Å². The van der Waals surface area contributed by atoms with E-state index >= 15 is 0 Å². The lowest BCUT2D eigenvalue weighted by Gasteiger charge is -2.08. The second-order valence-electron chi connectivity index (χ2n) is 4.52. The van der Waals surface area contributed by atoms with E-state index in [4.69, 9.17) is 4.74 Å². The van der Waals surface area contributed by atoms with Crippen molar-refractivity contribution in [2.75, 3.05) is 11.9 Å². The smallest absolute Gasteiger partial charge is 0.338 e. The van der Waals surface area contributed by atoms with Gasteiger partial charge in [0.25, 0.3) is 0 Å². The summed E-state index contributed by atoms with van der Waals surface area (Å²) in [4.78, 5) is 23.5. The van der Waals surface area contributed by atoms with Crippen molar-refractivity contribution in [1.82, 2.24) is 4.57 Å². The monoisotopic (exact) mass is 286 g/mol. The van der Waals surface area contributed by atoms with E-state index in [1.807, 2.05) is 29.1 Å². The van der Waals surface area contributed by atoms with Crippen LogP contribution in [0.4, 0.5) is 5.69 Å². The molecule has 0 fully saturated rings. The lowest BCUT2D eigenvalue weighted by atomic mass is 10.2. The van der Waals surface area contributed by atoms with Crippen LogP contribution in [0.3, 0.4) is 0 Å². The van der Waals surface area contributed by atoms with E-state index in [1.165, 1.54) is 0 Å². The topological polar surface area (TPSA) is 60.3 Å². The largest absolute Gasteiger partial charge is 0.462 e. The molecule has 1 N–H and O–H groups in total.